The molecule has 0 aliphatic heterocycles. The summed E-state index contributed by atoms with van der Waals surface area (Å²) in [6.45, 7) is 4.32. The molecule has 1 amide bonds. The summed E-state index contributed by atoms with van der Waals surface area (Å²) < 4.78 is 22.1. The third kappa shape index (κ3) is 4.31. The minimum atomic E-state index is -3.71. The monoisotopic (exact) mass is 268 g/mol. The summed E-state index contributed by atoms with van der Waals surface area (Å²) in [5, 5.41) is 7.65. The Kier molecular flexibility index (Phi) is 4.63. The zero-order valence-electron chi connectivity index (χ0n) is 10.3. The standard InChI is InChI=1S/C12H16N2O3S/c1-9(2)7-8-14-12(15)10-3-5-11(6-4-10)18(13,16)17/h3-7H,8H2,1-2H3,(H,14,15)(H2,13,16,17). The molecule has 0 unspecified atom stereocenters. The second-order valence-corrected chi connectivity index (χ2v) is 5.62. The van der Waals surface area contributed by atoms with E-state index in [9.17, 15) is 13.2 Å². The molecule has 0 atom stereocenters. The van der Waals surface area contributed by atoms with Crippen molar-refractivity contribution in [1.82, 2.24) is 5.32 Å². The van der Waals surface area contributed by atoms with Crippen molar-refractivity contribution in [2.24, 2.45) is 5.14 Å². The van der Waals surface area contributed by atoms with Crippen molar-refractivity contribution in [2.45, 2.75) is 18.7 Å². The van der Waals surface area contributed by atoms with Crippen molar-refractivity contribution in [3.8, 4) is 0 Å². The van der Waals surface area contributed by atoms with Crippen LogP contribution in [0.25, 0.3) is 0 Å². The molecule has 0 bridgehead atoms. The highest BCUT2D eigenvalue weighted by Crippen LogP contribution is 2.08. The molecule has 1 aromatic rings. The maximum Gasteiger partial charge on any atom is 0.251 e. The highest BCUT2D eigenvalue weighted by molar-refractivity contribution is 7.89. The molecule has 0 saturated heterocycles. The van der Waals surface area contributed by atoms with Crippen molar-refractivity contribution in [3.63, 3.8) is 0 Å². The van der Waals surface area contributed by atoms with Crippen LogP contribution in [0.1, 0.15) is 24.2 Å². The number of hydrogen-bond acceptors (Lipinski definition) is 3. The Balaban J connectivity index is 2.74. The van der Waals surface area contributed by atoms with Crippen LogP contribution in [-0.2, 0) is 10.0 Å². The summed E-state index contributed by atoms with van der Waals surface area (Å²) in [4.78, 5) is 11.7. The summed E-state index contributed by atoms with van der Waals surface area (Å²) in [6, 6.07) is 5.48. The van der Waals surface area contributed by atoms with Crippen LogP contribution < -0.4 is 10.5 Å². The van der Waals surface area contributed by atoms with Crippen LogP contribution in [0.4, 0.5) is 0 Å². The van der Waals surface area contributed by atoms with Crippen LogP contribution in [0, 0.1) is 0 Å². The second-order valence-electron chi connectivity index (χ2n) is 4.06. The molecule has 6 heteroatoms. The lowest BCUT2D eigenvalue weighted by Crippen LogP contribution is -2.23. The van der Waals surface area contributed by atoms with Gasteiger partial charge in [-0.1, -0.05) is 11.6 Å². The number of carbonyl (C=O) groups is 1. The molecule has 18 heavy (non-hydrogen) atoms. The summed E-state index contributed by atoms with van der Waals surface area (Å²) in [7, 11) is -3.71. The van der Waals surface area contributed by atoms with E-state index in [1.165, 1.54) is 24.3 Å². The van der Waals surface area contributed by atoms with Gasteiger partial charge in [0.2, 0.25) is 10.0 Å². The van der Waals surface area contributed by atoms with Gasteiger partial charge in [0.1, 0.15) is 0 Å². The van der Waals surface area contributed by atoms with E-state index in [2.05, 4.69) is 5.32 Å². The van der Waals surface area contributed by atoms with Gasteiger partial charge in [-0.05, 0) is 38.1 Å². The molecular weight excluding hydrogens is 252 g/mol. The van der Waals surface area contributed by atoms with Crippen LogP contribution in [0.2, 0.25) is 0 Å². The number of allylic oxidation sites excluding steroid dienone is 1. The molecule has 0 aliphatic rings. The van der Waals surface area contributed by atoms with Crippen LogP contribution in [0.15, 0.2) is 40.8 Å². The number of nitrogens with two attached hydrogens (primary N) is 1. The van der Waals surface area contributed by atoms with E-state index in [0.29, 0.717) is 12.1 Å². The van der Waals surface area contributed by atoms with E-state index in [-0.39, 0.29) is 10.8 Å². The van der Waals surface area contributed by atoms with Crippen molar-refractivity contribution in [2.75, 3.05) is 6.54 Å². The van der Waals surface area contributed by atoms with E-state index in [0.717, 1.165) is 5.57 Å². The lowest BCUT2D eigenvalue weighted by atomic mass is 10.2. The summed E-state index contributed by atoms with van der Waals surface area (Å²) in [5.41, 5.74) is 1.50. The van der Waals surface area contributed by atoms with Crippen LogP contribution in [0.3, 0.4) is 0 Å². The largest absolute Gasteiger partial charge is 0.349 e. The van der Waals surface area contributed by atoms with Gasteiger partial charge < -0.3 is 5.32 Å². The first-order chi connectivity index (χ1) is 8.30. The molecule has 0 saturated carbocycles. The molecule has 0 radical (unpaired) electrons. The van der Waals surface area contributed by atoms with Crippen molar-refractivity contribution >= 4 is 15.9 Å². The molecule has 1 aromatic carbocycles. The van der Waals surface area contributed by atoms with Crippen LogP contribution in [0.5, 0.6) is 0 Å². The predicted octanol–water partition coefficient (Wildman–Crippen LogP) is 1.03. The van der Waals surface area contributed by atoms with Gasteiger partial charge >= 0.3 is 0 Å². The minimum absolute atomic E-state index is 0.0108. The Morgan fingerprint density at radius 3 is 2.28 bits per heavy atom. The predicted molar refractivity (Wildman–Crippen MR) is 69.6 cm³/mol. The fourth-order valence-corrected chi connectivity index (χ4v) is 1.76. The van der Waals surface area contributed by atoms with Gasteiger partial charge in [-0.3, -0.25) is 4.79 Å². The Bertz CT molecular complexity index is 555. The molecule has 0 fully saturated rings. The van der Waals surface area contributed by atoms with Crippen LogP contribution >= 0.6 is 0 Å². The zero-order valence-corrected chi connectivity index (χ0v) is 11.1. The molecule has 3 N–H and O–H groups in total. The number of rotatable bonds is 4. The van der Waals surface area contributed by atoms with E-state index >= 15 is 0 Å². The van der Waals surface area contributed by atoms with Crippen molar-refractivity contribution in [3.05, 3.63) is 41.5 Å². The third-order valence-electron chi connectivity index (χ3n) is 2.22. The van der Waals surface area contributed by atoms with Gasteiger partial charge in [0, 0.05) is 12.1 Å². The number of hydrogen-bond donors (Lipinski definition) is 2. The van der Waals surface area contributed by atoms with E-state index < -0.39 is 10.0 Å². The first-order valence-electron chi connectivity index (χ1n) is 5.35. The fourth-order valence-electron chi connectivity index (χ4n) is 1.25. The Morgan fingerprint density at radius 2 is 1.83 bits per heavy atom. The third-order valence-corrected chi connectivity index (χ3v) is 3.15. The normalized spacial score (nSPS) is 10.8. The first-order valence-corrected chi connectivity index (χ1v) is 6.90. The maximum absolute atomic E-state index is 11.7. The number of amides is 1. The average molecular weight is 268 g/mol. The van der Waals surface area contributed by atoms with E-state index in [4.69, 9.17) is 5.14 Å². The molecule has 1 rings (SSSR count). The highest BCUT2D eigenvalue weighted by Gasteiger charge is 2.09. The Labute approximate surface area is 107 Å². The zero-order chi connectivity index (χ0) is 13.8. The molecule has 5 nitrogen and oxygen atoms in total. The van der Waals surface area contributed by atoms with Gasteiger partial charge in [0.05, 0.1) is 4.90 Å². The summed E-state index contributed by atoms with van der Waals surface area (Å²) in [6.07, 6.45) is 1.89. The Hall–Kier alpha value is -1.66. The smallest absolute Gasteiger partial charge is 0.251 e. The lowest BCUT2D eigenvalue weighted by Gasteiger charge is -2.04. The van der Waals surface area contributed by atoms with Gasteiger partial charge in [-0.2, -0.15) is 0 Å². The van der Waals surface area contributed by atoms with Gasteiger partial charge in [-0.15, -0.1) is 0 Å². The Morgan fingerprint density at radius 1 is 1.28 bits per heavy atom. The molecule has 0 aliphatic carbocycles. The first kappa shape index (κ1) is 14.4. The fraction of sp³-hybridized carbons (Fsp3) is 0.250. The van der Waals surface area contributed by atoms with Gasteiger partial charge in [0.15, 0.2) is 0 Å². The number of sulfonamides is 1. The number of benzene rings is 1. The average Bonchev–Trinajstić information content (AvgIpc) is 2.27. The highest BCUT2D eigenvalue weighted by atomic mass is 32.2. The molecule has 0 aromatic heterocycles. The second kappa shape index (κ2) is 5.79. The summed E-state index contributed by atoms with van der Waals surface area (Å²) in [5.74, 6) is -0.256. The van der Waals surface area contributed by atoms with Crippen molar-refractivity contribution in [1.29, 1.82) is 0 Å². The van der Waals surface area contributed by atoms with E-state index in [1.807, 2.05) is 19.9 Å². The molecular formula is C12H16N2O3S. The molecule has 0 heterocycles. The van der Waals surface area contributed by atoms with E-state index in [1.54, 1.807) is 0 Å². The SMILES string of the molecule is CC(C)=CCNC(=O)c1ccc(S(N)(=O)=O)cc1. The van der Waals surface area contributed by atoms with Crippen molar-refractivity contribution < 1.29 is 13.2 Å². The topological polar surface area (TPSA) is 89.3 Å². The quantitative estimate of drug-likeness (QED) is 0.799. The van der Waals surface area contributed by atoms with Crippen LogP contribution in [-0.4, -0.2) is 20.9 Å². The number of primary sulfonamides is 1. The molecule has 98 valence electrons. The molecule has 0 spiro atoms. The summed E-state index contributed by atoms with van der Waals surface area (Å²) >= 11 is 0. The van der Waals surface area contributed by atoms with Gasteiger partial charge in [-0.25, -0.2) is 13.6 Å². The lowest BCUT2D eigenvalue weighted by molar-refractivity contribution is 0.0958. The number of nitrogens with one attached hydrogen (secondary N) is 1. The number of carbonyl (C=O) groups excluding carboxylic acids is 1. The minimum Gasteiger partial charge on any atom is -0.349 e. The van der Waals surface area contributed by atoms with Gasteiger partial charge in [0.25, 0.3) is 5.91 Å². The maximum atomic E-state index is 11.7.